The SMILES string of the molecule is O=C(O)CC(Cc1ccccc1)N1CCCCCC1. The second-order valence-corrected chi connectivity index (χ2v) is 5.39. The zero-order chi connectivity index (χ0) is 13.5. The van der Waals surface area contributed by atoms with E-state index in [0.717, 1.165) is 19.5 Å². The average Bonchev–Trinajstić information content (AvgIpc) is 2.67. The number of nitrogens with zero attached hydrogens (tertiary/aromatic N) is 1. The maximum Gasteiger partial charge on any atom is 0.304 e. The third-order valence-corrected chi connectivity index (χ3v) is 3.88. The van der Waals surface area contributed by atoms with Crippen molar-refractivity contribution >= 4 is 5.97 Å². The lowest BCUT2D eigenvalue weighted by molar-refractivity contribution is -0.138. The highest BCUT2D eigenvalue weighted by Crippen LogP contribution is 2.18. The van der Waals surface area contributed by atoms with Crippen LogP contribution >= 0.6 is 0 Å². The minimum absolute atomic E-state index is 0.137. The van der Waals surface area contributed by atoms with Crippen molar-refractivity contribution in [2.45, 2.75) is 44.6 Å². The number of carboxylic acid groups (broad SMARTS) is 1. The Balaban J connectivity index is 2.03. The Labute approximate surface area is 115 Å². The van der Waals surface area contributed by atoms with E-state index in [9.17, 15) is 4.79 Å². The van der Waals surface area contributed by atoms with E-state index >= 15 is 0 Å². The fraction of sp³-hybridized carbons (Fsp3) is 0.562. The number of aliphatic carboxylic acids is 1. The number of carbonyl (C=O) groups is 1. The molecule has 1 fully saturated rings. The van der Waals surface area contributed by atoms with Gasteiger partial charge in [0.1, 0.15) is 0 Å². The molecule has 19 heavy (non-hydrogen) atoms. The number of hydrogen-bond acceptors (Lipinski definition) is 2. The van der Waals surface area contributed by atoms with Crippen molar-refractivity contribution < 1.29 is 9.90 Å². The van der Waals surface area contributed by atoms with Gasteiger partial charge in [-0.1, -0.05) is 43.2 Å². The molecule has 1 heterocycles. The van der Waals surface area contributed by atoms with E-state index in [0.29, 0.717) is 0 Å². The van der Waals surface area contributed by atoms with Gasteiger partial charge in [0, 0.05) is 6.04 Å². The summed E-state index contributed by atoms with van der Waals surface area (Å²) in [6.07, 6.45) is 6.04. The summed E-state index contributed by atoms with van der Waals surface area (Å²) in [4.78, 5) is 13.5. The van der Waals surface area contributed by atoms with Crippen LogP contribution in [-0.2, 0) is 11.2 Å². The molecule has 0 saturated carbocycles. The van der Waals surface area contributed by atoms with Crippen LogP contribution in [0.1, 0.15) is 37.7 Å². The van der Waals surface area contributed by atoms with Crippen LogP contribution in [0.3, 0.4) is 0 Å². The van der Waals surface area contributed by atoms with Crippen molar-refractivity contribution in [3.05, 3.63) is 35.9 Å². The molecule has 0 aromatic heterocycles. The molecule has 1 aliphatic heterocycles. The molecule has 0 radical (unpaired) electrons. The highest BCUT2D eigenvalue weighted by atomic mass is 16.4. The van der Waals surface area contributed by atoms with Gasteiger partial charge in [0.25, 0.3) is 0 Å². The van der Waals surface area contributed by atoms with Crippen LogP contribution in [0.5, 0.6) is 0 Å². The summed E-state index contributed by atoms with van der Waals surface area (Å²) in [5.41, 5.74) is 1.23. The van der Waals surface area contributed by atoms with Crippen LogP contribution in [0, 0.1) is 0 Å². The summed E-state index contributed by atoms with van der Waals surface area (Å²) < 4.78 is 0. The second kappa shape index (κ2) is 7.29. The first-order valence-electron chi connectivity index (χ1n) is 7.25. The van der Waals surface area contributed by atoms with E-state index in [2.05, 4.69) is 17.0 Å². The van der Waals surface area contributed by atoms with E-state index in [1.165, 1.54) is 31.2 Å². The predicted octanol–water partition coefficient (Wildman–Crippen LogP) is 2.95. The summed E-state index contributed by atoms with van der Waals surface area (Å²) in [7, 11) is 0. The minimum atomic E-state index is -0.690. The van der Waals surface area contributed by atoms with Crippen molar-refractivity contribution in [3.8, 4) is 0 Å². The quantitative estimate of drug-likeness (QED) is 0.886. The number of hydrogen-bond donors (Lipinski definition) is 1. The largest absolute Gasteiger partial charge is 0.481 e. The molecule has 1 aromatic carbocycles. The van der Waals surface area contributed by atoms with Gasteiger partial charge < -0.3 is 5.11 Å². The number of rotatable bonds is 5. The summed E-state index contributed by atoms with van der Waals surface area (Å²) in [5, 5.41) is 9.14. The monoisotopic (exact) mass is 261 g/mol. The smallest absolute Gasteiger partial charge is 0.304 e. The first-order chi connectivity index (χ1) is 9.25. The standard InChI is InChI=1S/C16H23NO2/c18-16(19)13-15(12-14-8-4-3-5-9-14)17-10-6-1-2-7-11-17/h3-5,8-9,15H,1-2,6-7,10-13H2,(H,18,19). The summed E-state index contributed by atoms with van der Waals surface area (Å²) in [5.74, 6) is -0.690. The van der Waals surface area contributed by atoms with Gasteiger partial charge in [-0.05, 0) is 37.9 Å². The number of benzene rings is 1. The predicted molar refractivity (Wildman–Crippen MR) is 76.2 cm³/mol. The lowest BCUT2D eigenvalue weighted by atomic mass is 10.0. The van der Waals surface area contributed by atoms with E-state index in [4.69, 9.17) is 5.11 Å². The molecule has 2 rings (SSSR count). The molecule has 1 N–H and O–H groups in total. The fourth-order valence-electron chi connectivity index (χ4n) is 2.88. The Bertz CT molecular complexity index is 383. The molecule has 0 spiro atoms. The summed E-state index contributed by atoms with van der Waals surface area (Å²) in [6, 6.07) is 10.4. The van der Waals surface area contributed by atoms with Gasteiger partial charge in [0.15, 0.2) is 0 Å². The molecule has 0 bridgehead atoms. The number of likely N-dealkylation sites (tertiary alicyclic amines) is 1. The normalized spacial score (nSPS) is 18.7. The third kappa shape index (κ3) is 4.67. The van der Waals surface area contributed by atoms with Gasteiger partial charge in [-0.2, -0.15) is 0 Å². The molecule has 1 saturated heterocycles. The first kappa shape index (κ1) is 14.1. The lowest BCUT2D eigenvalue weighted by Crippen LogP contribution is -2.39. The summed E-state index contributed by atoms with van der Waals surface area (Å²) in [6.45, 7) is 2.09. The van der Waals surface area contributed by atoms with Gasteiger partial charge in [0.05, 0.1) is 6.42 Å². The van der Waals surface area contributed by atoms with E-state index in [1.807, 2.05) is 18.2 Å². The van der Waals surface area contributed by atoms with Gasteiger partial charge in [0.2, 0.25) is 0 Å². The Hall–Kier alpha value is -1.35. The Morgan fingerprint density at radius 2 is 1.74 bits per heavy atom. The van der Waals surface area contributed by atoms with Crippen molar-refractivity contribution in [1.82, 2.24) is 4.90 Å². The Morgan fingerprint density at radius 3 is 2.32 bits per heavy atom. The zero-order valence-corrected chi connectivity index (χ0v) is 11.4. The Morgan fingerprint density at radius 1 is 1.11 bits per heavy atom. The van der Waals surface area contributed by atoms with E-state index in [1.54, 1.807) is 0 Å². The fourth-order valence-corrected chi connectivity index (χ4v) is 2.88. The molecule has 3 nitrogen and oxygen atoms in total. The highest BCUT2D eigenvalue weighted by molar-refractivity contribution is 5.67. The maximum atomic E-state index is 11.1. The van der Waals surface area contributed by atoms with Crippen molar-refractivity contribution in [3.63, 3.8) is 0 Å². The van der Waals surface area contributed by atoms with Crippen LogP contribution < -0.4 is 0 Å². The molecule has 3 heteroatoms. The molecule has 1 unspecified atom stereocenters. The van der Waals surface area contributed by atoms with E-state index in [-0.39, 0.29) is 12.5 Å². The maximum absolute atomic E-state index is 11.1. The molecule has 0 amide bonds. The highest BCUT2D eigenvalue weighted by Gasteiger charge is 2.22. The number of carboxylic acids is 1. The van der Waals surface area contributed by atoms with Crippen molar-refractivity contribution in [2.24, 2.45) is 0 Å². The van der Waals surface area contributed by atoms with Crippen molar-refractivity contribution in [1.29, 1.82) is 0 Å². The van der Waals surface area contributed by atoms with Gasteiger partial charge in [-0.3, -0.25) is 9.69 Å². The molecular formula is C16H23NO2. The first-order valence-corrected chi connectivity index (χ1v) is 7.25. The van der Waals surface area contributed by atoms with Crippen LogP contribution in [0.25, 0.3) is 0 Å². The molecule has 0 aliphatic carbocycles. The molecular weight excluding hydrogens is 238 g/mol. The molecule has 1 atom stereocenters. The molecule has 1 aliphatic rings. The Kier molecular flexibility index (Phi) is 5.40. The van der Waals surface area contributed by atoms with Gasteiger partial charge in [-0.15, -0.1) is 0 Å². The topological polar surface area (TPSA) is 40.5 Å². The lowest BCUT2D eigenvalue weighted by Gasteiger charge is -2.29. The average molecular weight is 261 g/mol. The summed E-state index contributed by atoms with van der Waals surface area (Å²) >= 11 is 0. The van der Waals surface area contributed by atoms with Crippen LogP contribution in [0.2, 0.25) is 0 Å². The molecule has 1 aromatic rings. The van der Waals surface area contributed by atoms with Crippen LogP contribution in [0.15, 0.2) is 30.3 Å². The van der Waals surface area contributed by atoms with Crippen LogP contribution in [-0.4, -0.2) is 35.1 Å². The van der Waals surface area contributed by atoms with Gasteiger partial charge in [-0.25, -0.2) is 0 Å². The van der Waals surface area contributed by atoms with Crippen LogP contribution in [0.4, 0.5) is 0 Å². The minimum Gasteiger partial charge on any atom is -0.481 e. The molecule has 104 valence electrons. The third-order valence-electron chi connectivity index (χ3n) is 3.88. The zero-order valence-electron chi connectivity index (χ0n) is 11.4. The van der Waals surface area contributed by atoms with Gasteiger partial charge >= 0.3 is 5.97 Å². The second-order valence-electron chi connectivity index (χ2n) is 5.39. The van der Waals surface area contributed by atoms with E-state index < -0.39 is 5.97 Å². The van der Waals surface area contributed by atoms with Crippen molar-refractivity contribution in [2.75, 3.05) is 13.1 Å².